The number of rotatable bonds is 2. The van der Waals surface area contributed by atoms with Crippen LogP contribution < -0.4 is 0 Å². The van der Waals surface area contributed by atoms with Crippen molar-refractivity contribution in [2.45, 2.75) is 12.3 Å². The molecule has 0 amide bonds. The van der Waals surface area contributed by atoms with Crippen LogP contribution in [0.15, 0.2) is 24.4 Å². The van der Waals surface area contributed by atoms with Gasteiger partial charge in [-0.05, 0) is 19.2 Å². The molecule has 14 heavy (non-hydrogen) atoms. The van der Waals surface area contributed by atoms with E-state index >= 15 is 0 Å². The van der Waals surface area contributed by atoms with E-state index in [-0.39, 0.29) is 18.9 Å². The van der Waals surface area contributed by atoms with Crippen LogP contribution in [0.1, 0.15) is 11.9 Å². The highest BCUT2D eigenvalue weighted by atomic mass is 16.5. The molecule has 76 valence electrons. The molecule has 1 aliphatic heterocycles. The van der Waals surface area contributed by atoms with Crippen molar-refractivity contribution in [3.63, 3.8) is 0 Å². The molecule has 2 atom stereocenters. The first-order valence-corrected chi connectivity index (χ1v) is 4.68. The van der Waals surface area contributed by atoms with Gasteiger partial charge in [0.25, 0.3) is 0 Å². The Morgan fingerprint density at radius 1 is 1.64 bits per heavy atom. The highest BCUT2D eigenvalue weighted by Crippen LogP contribution is 2.26. The summed E-state index contributed by atoms with van der Waals surface area (Å²) in [6.07, 6.45) is 1.54. The molecule has 2 unspecified atom stereocenters. The Kier molecular flexibility index (Phi) is 2.77. The molecule has 4 heteroatoms. The second-order valence-electron chi connectivity index (χ2n) is 3.49. The van der Waals surface area contributed by atoms with Crippen molar-refractivity contribution in [3.05, 3.63) is 30.1 Å². The lowest BCUT2D eigenvalue weighted by molar-refractivity contribution is -0.0162. The van der Waals surface area contributed by atoms with Crippen molar-refractivity contribution in [2.24, 2.45) is 0 Å². The molecule has 0 aliphatic carbocycles. The zero-order valence-corrected chi connectivity index (χ0v) is 8.13. The van der Waals surface area contributed by atoms with E-state index in [9.17, 15) is 0 Å². The van der Waals surface area contributed by atoms with Crippen LogP contribution in [0.2, 0.25) is 0 Å². The van der Waals surface area contributed by atoms with Crippen LogP contribution >= 0.6 is 0 Å². The SMILES string of the molecule is CN1CC(CO)OC1c1ccccn1. The van der Waals surface area contributed by atoms with E-state index in [4.69, 9.17) is 9.84 Å². The maximum Gasteiger partial charge on any atom is 0.154 e. The average Bonchev–Trinajstić information content (AvgIpc) is 2.61. The number of pyridine rings is 1. The summed E-state index contributed by atoms with van der Waals surface area (Å²) in [5, 5.41) is 8.98. The van der Waals surface area contributed by atoms with E-state index in [1.807, 2.05) is 30.1 Å². The van der Waals surface area contributed by atoms with Crippen LogP contribution in [0.3, 0.4) is 0 Å². The smallest absolute Gasteiger partial charge is 0.154 e. The minimum atomic E-state index is -0.117. The molecule has 0 aromatic carbocycles. The average molecular weight is 194 g/mol. The van der Waals surface area contributed by atoms with Gasteiger partial charge in [-0.2, -0.15) is 0 Å². The number of aromatic nitrogens is 1. The third kappa shape index (κ3) is 1.77. The van der Waals surface area contributed by atoms with Gasteiger partial charge in [-0.15, -0.1) is 0 Å². The van der Waals surface area contributed by atoms with Crippen LogP contribution in [-0.4, -0.2) is 41.3 Å². The summed E-state index contributed by atoms with van der Waals surface area (Å²) in [6, 6.07) is 5.74. The van der Waals surface area contributed by atoms with Gasteiger partial charge < -0.3 is 9.84 Å². The Morgan fingerprint density at radius 3 is 3.07 bits per heavy atom. The number of ether oxygens (including phenoxy) is 1. The molecule has 2 rings (SSSR count). The molecule has 1 aliphatic rings. The van der Waals surface area contributed by atoms with Crippen molar-refractivity contribution in [1.82, 2.24) is 9.88 Å². The van der Waals surface area contributed by atoms with E-state index in [1.54, 1.807) is 6.20 Å². The third-order valence-corrected chi connectivity index (χ3v) is 2.36. The van der Waals surface area contributed by atoms with Crippen LogP contribution in [0.5, 0.6) is 0 Å². The van der Waals surface area contributed by atoms with E-state index in [1.165, 1.54) is 0 Å². The minimum Gasteiger partial charge on any atom is -0.394 e. The molecule has 0 bridgehead atoms. The second kappa shape index (κ2) is 4.04. The quantitative estimate of drug-likeness (QED) is 0.740. The summed E-state index contributed by atoms with van der Waals surface area (Å²) >= 11 is 0. The van der Waals surface area contributed by atoms with Crippen molar-refractivity contribution in [2.75, 3.05) is 20.2 Å². The van der Waals surface area contributed by atoms with Gasteiger partial charge in [0, 0.05) is 12.7 Å². The zero-order valence-electron chi connectivity index (χ0n) is 8.13. The molecule has 0 radical (unpaired) electrons. The highest BCUT2D eigenvalue weighted by molar-refractivity contribution is 5.07. The predicted octanol–water partition coefficient (Wildman–Crippen LogP) is 0.403. The van der Waals surface area contributed by atoms with Crippen LogP contribution in [-0.2, 0) is 4.74 Å². The maximum atomic E-state index is 8.98. The van der Waals surface area contributed by atoms with Crippen LogP contribution in [0.25, 0.3) is 0 Å². The van der Waals surface area contributed by atoms with E-state index in [2.05, 4.69) is 4.98 Å². The van der Waals surface area contributed by atoms with Crippen molar-refractivity contribution in [1.29, 1.82) is 0 Å². The lowest BCUT2D eigenvalue weighted by Crippen LogP contribution is -2.21. The molecular formula is C10H14N2O2. The second-order valence-corrected chi connectivity index (χ2v) is 3.49. The Bertz CT molecular complexity index is 291. The third-order valence-electron chi connectivity index (χ3n) is 2.36. The molecule has 2 heterocycles. The Hall–Kier alpha value is -0.970. The fourth-order valence-electron chi connectivity index (χ4n) is 1.66. The number of nitrogens with zero attached hydrogens (tertiary/aromatic N) is 2. The van der Waals surface area contributed by atoms with Crippen molar-refractivity contribution >= 4 is 0 Å². The van der Waals surface area contributed by atoms with Crippen LogP contribution in [0.4, 0.5) is 0 Å². The van der Waals surface area contributed by atoms with Gasteiger partial charge in [0.15, 0.2) is 6.23 Å². The molecule has 1 aromatic rings. The number of aliphatic hydroxyl groups excluding tert-OH is 1. The predicted molar refractivity (Wildman–Crippen MR) is 51.6 cm³/mol. The minimum absolute atomic E-state index is 0.0632. The Morgan fingerprint density at radius 2 is 2.50 bits per heavy atom. The molecule has 0 saturated carbocycles. The van der Waals surface area contributed by atoms with Gasteiger partial charge in [-0.1, -0.05) is 6.07 Å². The van der Waals surface area contributed by atoms with Crippen LogP contribution in [0, 0.1) is 0 Å². The zero-order chi connectivity index (χ0) is 9.97. The summed E-state index contributed by atoms with van der Waals surface area (Å²) in [7, 11) is 1.97. The van der Waals surface area contributed by atoms with Gasteiger partial charge >= 0.3 is 0 Å². The van der Waals surface area contributed by atoms with Gasteiger partial charge in [0.2, 0.25) is 0 Å². The summed E-state index contributed by atoms with van der Waals surface area (Å²) in [4.78, 5) is 6.28. The molecule has 1 N–H and O–H groups in total. The molecule has 1 aromatic heterocycles. The van der Waals surface area contributed by atoms with Gasteiger partial charge in [0.05, 0.1) is 18.4 Å². The maximum absolute atomic E-state index is 8.98. The molecule has 1 fully saturated rings. The largest absolute Gasteiger partial charge is 0.394 e. The number of aliphatic hydroxyl groups is 1. The lowest BCUT2D eigenvalue weighted by atomic mass is 10.3. The summed E-state index contributed by atoms with van der Waals surface area (Å²) in [5.74, 6) is 0. The van der Waals surface area contributed by atoms with Gasteiger partial charge in [0.1, 0.15) is 0 Å². The van der Waals surface area contributed by atoms with E-state index in [0.717, 1.165) is 12.2 Å². The first-order chi connectivity index (χ1) is 6.81. The molecule has 0 spiro atoms. The van der Waals surface area contributed by atoms with E-state index < -0.39 is 0 Å². The monoisotopic (exact) mass is 194 g/mol. The van der Waals surface area contributed by atoms with Gasteiger partial charge in [-0.3, -0.25) is 9.88 Å². The molecule has 1 saturated heterocycles. The number of hydrogen-bond acceptors (Lipinski definition) is 4. The lowest BCUT2D eigenvalue weighted by Gasteiger charge is -2.16. The van der Waals surface area contributed by atoms with E-state index in [0.29, 0.717) is 0 Å². The summed E-state index contributed by atoms with van der Waals surface area (Å²) < 4.78 is 5.62. The Balaban J connectivity index is 2.13. The number of likely N-dealkylation sites (N-methyl/N-ethyl adjacent to an activating group) is 1. The first-order valence-electron chi connectivity index (χ1n) is 4.68. The first kappa shape index (κ1) is 9.58. The van der Waals surface area contributed by atoms with Crippen molar-refractivity contribution < 1.29 is 9.84 Å². The van der Waals surface area contributed by atoms with Gasteiger partial charge in [-0.25, -0.2) is 0 Å². The standard InChI is InChI=1S/C10H14N2O2/c1-12-6-8(7-13)14-10(12)9-4-2-3-5-11-9/h2-5,8,10,13H,6-7H2,1H3. The molecular weight excluding hydrogens is 180 g/mol. The highest BCUT2D eigenvalue weighted by Gasteiger charge is 2.31. The summed E-state index contributed by atoms with van der Waals surface area (Å²) in [5.41, 5.74) is 0.894. The topological polar surface area (TPSA) is 45.6 Å². The normalized spacial score (nSPS) is 28.1. The van der Waals surface area contributed by atoms with Crippen molar-refractivity contribution in [3.8, 4) is 0 Å². The number of hydrogen-bond donors (Lipinski definition) is 1. The fraction of sp³-hybridized carbons (Fsp3) is 0.500. The summed E-state index contributed by atoms with van der Waals surface area (Å²) in [6.45, 7) is 0.811. The fourth-order valence-corrected chi connectivity index (χ4v) is 1.66. The Labute approximate surface area is 83.1 Å². The molecule has 4 nitrogen and oxygen atoms in total.